The molecule has 6 rings (SSSR count). The molecule has 11 heteroatoms. The van der Waals surface area contributed by atoms with E-state index in [-0.39, 0.29) is 29.4 Å². The van der Waals surface area contributed by atoms with Crippen LogP contribution in [0.1, 0.15) is 65.1 Å². The number of sulfonamides is 1. The number of nitrogens with one attached hydrogen (secondary N) is 1. The first-order valence-corrected chi connectivity index (χ1v) is 16.7. The van der Waals surface area contributed by atoms with Gasteiger partial charge in [-0.3, -0.25) is 14.9 Å². The zero-order chi connectivity index (χ0) is 31.6. The van der Waals surface area contributed by atoms with E-state index in [1.54, 1.807) is 19.1 Å². The lowest BCUT2D eigenvalue weighted by Crippen LogP contribution is -2.42. The Kier molecular flexibility index (Phi) is 8.84. The molecule has 0 bridgehead atoms. The molecule has 0 saturated carbocycles. The molecule has 1 N–H and O–H groups in total. The molecule has 0 spiro atoms. The van der Waals surface area contributed by atoms with Gasteiger partial charge < -0.3 is 14.2 Å². The highest BCUT2D eigenvalue weighted by atomic mass is 32.2. The fourth-order valence-electron chi connectivity index (χ4n) is 6.63. The van der Waals surface area contributed by atoms with Crippen LogP contribution in [-0.4, -0.2) is 61.3 Å². The average Bonchev–Trinajstić information content (AvgIpc) is 3.82. The van der Waals surface area contributed by atoms with Gasteiger partial charge in [0.05, 0.1) is 11.0 Å². The quantitative estimate of drug-likeness (QED) is 0.176. The van der Waals surface area contributed by atoms with Crippen LogP contribution >= 0.6 is 0 Å². The van der Waals surface area contributed by atoms with E-state index in [9.17, 15) is 23.3 Å². The number of amides is 1. The number of para-hydroxylation sites is 1. The second-order valence-corrected chi connectivity index (χ2v) is 13.6. The summed E-state index contributed by atoms with van der Waals surface area (Å²) in [5.41, 5.74) is 2.02. The third kappa shape index (κ3) is 6.70. The van der Waals surface area contributed by atoms with Crippen molar-refractivity contribution in [3.05, 3.63) is 130 Å². The van der Waals surface area contributed by atoms with Crippen molar-refractivity contribution in [2.75, 3.05) is 26.2 Å². The van der Waals surface area contributed by atoms with Gasteiger partial charge in [0.1, 0.15) is 5.76 Å². The summed E-state index contributed by atoms with van der Waals surface area (Å²) < 4.78 is 34.5. The zero-order valence-corrected chi connectivity index (χ0v) is 25.8. The fraction of sp³-hybridized carbons (Fsp3) is 0.324. The van der Waals surface area contributed by atoms with Gasteiger partial charge in [0.25, 0.3) is 11.6 Å². The molecule has 45 heavy (non-hydrogen) atoms. The lowest BCUT2D eigenvalue weighted by atomic mass is 9.96. The fourth-order valence-corrected chi connectivity index (χ4v) is 8.01. The van der Waals surface area contributed by atoms with Crippen molar-refractivity contribution < 1.29 is 22.6 Å². The van der Waals surface area contributed by atoms with Crippen molar-refractivity contribution in [1.29, 1.82) is 0 Å². The highest BCUT2D eigenvalue weighted by Crippen LogP contribution is 2.36. The Bertz CT molecular complexity index is 1760. The van der Waals surface area contributed by atoms with Gasteiger partial charge in [-0.2, -0.15) is 0 Å². The molecule has 4 aromatic rings. The number of hydrogen-bond acceptors (Lipinski definition) is 7. The zero-order valence-electron chi connectivity index (χ0n) is 25.0. The summed E-state index contributed by atoms with van der Waals surface area (Å²) in [6, 6.07) is 28.2. The van der Waals surface area contributed by atoms with E-state index in [4.69, 9.17) is 4.42 Å². The van der Waals surface area contributed by atoms with Gasteiger partial charge in [-0.1, -0.05) is 72.8 Å². The minimum atomic E-state index is -4.25. The standard InChI is InChI=1S/C34H36N4O6S/c1-24(35-45(42,43)33-15-9-8-14-30(33)38(40)41)31-16-17-32(44-31)34(39)37-22-28(26-12-6-3-7-13-26)20-29(37)23-36-19-18-27(21-36)25-10-4-2-5-11-25/h2-17,24,27-29,35H,18-23H2,1H3/t24?,27-,28-,29-/m0/s1. The lowest BCUT2D eigenvalue weighted by molar-refractivity contribution is -0.387. The van der Waals surface area contributed by atoms with Crippen LogP contribution in [0.2, 0.25) is 0 Å². The first kappa shape index (κ1) is 30.7. The largest absolute Gasteiger partial charge is 0.454 e. The molecule has 2 saturated heterocycles. The van der Waals surface area contributed by atoms with Crippen molar-refractivity contribution in [2.45, 2.75) is 48.6 Å². The number of carbonyl (C=O) groups is 1. The van der Waals surface area contributed by atoms with Crippen LogP contribution in [0.15, 0.2) is 106 Å². The topological polar surface area (TPSA) is 126 Å². The molecule has 1 unspecified atom stereocenters. The third-order valence-corrected chi connectivity index (χ3v) is 10.5. The van der Waals surface area contributed by atoms with E-state index in [0.717, 1.165) is 38.5 Å². The molecule has 2 aliphatic rings. The molecule has 0 aliphatic carbocycles. The van der Waals surface area contributed by atoms with E-state index in [2.05, 4.69) is 46.0 Å². The molecular formula is C34H36N4O6S. The molecule has 1 amide bonds. The predicted molar refractivity (Wildman–Crippen MR) is 169 cm³/mol. The van der Waals surface area contributed by atoms with Gasteiger partial charge in [0.15, 0.2) is 10.7 Å². The van der Waals surface area contributed by atoms with Crippen molar-refractivity contribution >= 4 is 21.6 Å². The van der Waals surface area contributed by atoms with Crippen LogP contribution in [0, 0.1) is 10.1 Å². The maximum atomic E-state index is 14.0. The molecule has 2 fully saturated rings. The van der Waals surface area contributed by atoms with E-state index in [0.29, 0.717) is 12.5 Å². The number of likely N-dealkylation sites (tertiary alicyclic amines) is 2. The van der Waals surface area contributed by atoms with E-state index >= 15 is 0 Å². The predicted octanol–water partition coefficient (Wildman–Crippen LogP) is 5.72. The van der Waals surface area contributed by atoms with Crippen LogP contribution in [0.25, 0.3) is 0 Å². The first-order valence-electron chi connectivity index (χ1n) is 15.2. The van der Waals surface area contributed by atoms with Crippen LogP contribution in [0.5, 0.6) is 0 Å². The Labute approximate surface area is 262 Å². The summed E-state index contributed by atoms with van der Waals surface area (Å²) in [7, 11) is -4.25. The summed E-state index contributed by atoms with van der Waals surface area (Å²) >= 11 is 0. The van der Waals surface area contributed by atoms with Crippen molar-refractivity contribution in [3.8, 4) is 0 Å². The number of carbonyl (C=O) groups excluding carboxylic acids is 1. The third-order valence-electron chi connectivity index (χ3n) is 8.91. The van der Waals surface area contributed by atoms with Gasteiger partial charge in [0, 0.05) is 37.7 Å². The summed E-state index contributed by atoms with van der Waals surface area (Å²) in [5, 5.41) is 11.4. The maximum absolute atomic E-state index is 14.0. The Morgan fingerprint density at radius 3 is 2.27 bits per heavy atom. The number of nitro benzene ring substituents is 1. The van der Waals surface area contributed by atoms with Gasteiger partial charge in [-0.25, -0.2) is 13.1 Å². The monoisotopic (exact) mass is 628 g/mol. The number of nitro groups is 1. The smallest absolute Gasteiger partial charge is 0.289 e. The van der Waals surface area contributed by atoms with Crippen molar-refractivity contribution in [1.82, 2.24) is 14.5 Å². The van der Waals surface area contributed by atoms with Gasteiger partial charge in [-0.15, -0.1) is 0 Å². The Balaban J connectivity index is 1.18. The van der Waals surface area contributed by atoms with Crippen LogP contribution in [0.3, 0.4) is 0 Å². The second-order valence-electron chi connectivity index (χ2n) is 11.9. The minimum absolute atomic E-state index is 0.0136. The SMILES string of the molecule is CC(NS(=O)(=O)c1ccccc1[N+](=O)[O-])c1ccc(C(=O)N2C[C@@H](c3ccccc3)C[C@H]2CN2CC[C@H](c3ccccc3)C2)o1. The number of benzene rings is 3. The van der Waals surface area contributed by atoms with Gasteiger partial charge >= 0.3 is 0 Å². The van der Waals surface area contributed by atoms with Crippen molar-refractivity contribution in [3.63, 3.8) is 0 Å². The normalized spacial score (nSPS) is 21.2. The Morgan fingerprint density at radius 1 is 0.933 bits per heavy atom. The first-order chi connectivity index (χ1) is 21.7. The number of nitrogens with zero attached hydrogens (tertiary/aromatic N) is 3. The summed E-state index contributed by atoms with van der Waals surface area (Å²) in [6.45, 7) is 4.80. The van der Waals surface area contributed by atoms with E-state index in [1.165, 1.54) is 29.3 Å². The average molecular weight is 629 g/mol. The van der Waals surface area contributed by atoms with Crippen LogP contribution < -0.4 is 4.72 Å². The van der Waals surface area contributed by atoms with Crippen molar-refractivity contribution in [2.24, 2.45) is 0 Å². The molecule has 0 radical (unpaired) electrons. The molecule has 1 aromatic heterocycles. The van der Waals surface area contributed by atoms with E-state index < -0.39 is 31.6 Å². The summed E-state index contributed by atoms with van der Waals surface area (Å²) in [6.07, 6.45) is 1.91. The van der Waals surface area contributed by atoms with Gasteiger partial charge in [0.2, 0.25) is 10.0 Å². The molecule has 3 heterocycles. The van der Waals surface area contributed by atoms with E-state index in [1.807, 2.05) is 29.2 Å². The molecule has 2 aliphatic heterocycles. The van der Waals surface area contributed by atoms with Crippen LogP contribution in [-0.2, 0) is 10.0 Å². The van der Waals surface area contributed by atoms with Crippen LogP contribution in [0.4, 0.5) is 5.69 Å². The molecule has 4 atom stereocenters. The highest BCUT2D eigenvalue weighted by molar-refractivity contribution is 7.89. The maximum Gasteiger partial charge on any atom is 0.289 e. The number of rotatable bonds is 10. The summed E-state index contributed by atoms with van der Waals surface area (Å²) in [4.78, 5) is 28.5. The van der Waals surface area contributed by atoms with Gasteiger partial charge in [-0.05, 0) is 61.6 Å². The lowest BCUT2D eigenvalue weighted by Gasteiger charge is -2.28. The molecule has 234 valence electrons. The Hall–Kier alpha value is -4.32. The summed E-state index contributed by atoms with van der Waals surface area (Å²) in [5.74, 6) is 0.786. The second kappa shape index (κ2) is 13.0. The minimum Gasteiger partial charge on any atom is -0.454 e. The molecule has 3 aromatic carbocycles. The molecular weight excluding hydrogens is 592 g/mol. The Morgan fingerprint density at radius 2 is 1.58 bits per heavy atom. The molecule has 10 nitrogen and oxygen atoms in total. The highest BCUT2D eigenvalue weighted by Gasteiger charge is 2.39. The number of hydrogen-bond donors (Lipinski definition) is 1. The number of furan rings is 1.